The summed E-state index contributed by atoms with van der Waals surface area (Å²) in [5, 5.41) is 16.7. The molecule has 0 fully saturated rings. The summed E-state index contributed by atoms with van der Waals surface area (Å²) in [6, 6.07) is 5.94. The van der Waals surface area contributed by atoms with Gasteiger partial charge in [0.1, 0.15) is 0 Å². The third kappa shape index (κ3) is 2.88. The molecule has 88 valence electrons. The molecule has 0 saturated heterocycles. The number of hydrogen-bond donors (Lipinski definition) is 2. The number of nitrogens with zero attached hydrogens (tertiary/aromatic N) is 2. The molecule has 1 aromatic heterocycles. The summed E-state index contributed by atoms with van der Waals surface area (Å²) in [5.74, 6) is 0. The van der Waals surface area contributed by atoms with Crippen LogP contribution < -0.4 is 10.6 Å². The summed E-state index contributed by atoms with van der Waals surface area (Å²) in [6.07, 6.45) is 4.52. The molecule has 1 aromatic carbocycles. The zero-order valence-corrected chi connectivity index (χ0v) is 10.4. The first-order chi connectivity index (χ1) is 8.31. The zero-order chi connectivity index (χ0) is 12.1. The van der Waals surface area contributed by atoms with Crippen LogP contribution in [0, 0.1) is 0 Å². The van der Waals surface area contributed by atoms with Gasteiger partial charge in [-0.1, -0.05) is 19.1 Å². The highest BCUT2D eigenvalue weighted by molar-refractivity contribution is 7.80. The van der Waals surface area contributed by atoms with Crippen molar-refractivity contribution in [3.63, 3.8) is 0 Å². The van der Waals surface area contributed by atoms with E-state index < -0.39 is 0 Å². The topological polar surface area (TPSA) is 49.8 Å². The van der Waals surface area contributed by atoms with E-state index in [2.05, 4.69) is 27.8 Å². The summed E-state index contributed by atoms with van der Waals surface area (Å²) < 4.78 is 0. The number of hydrogen-bond acceptors (Lipinski definition) is 3. The Labute approximate surface area is 105 Å². The van der Waals surface area contributed by atoms with E-state index in [1.165, 1.54) is 0 Å². The van der Waals surface area contributed by atoms with Crippen molar-refractivity contribution in [2.75, 3.05) is 11.9 Å². The molecule has 17 heavy (non-hydrogen) atoms. The second-order valence-electron chi connectivity index (χ2n) is 3.68. The van der Waals surface area contributed by atoms with Crippen molar-refractivity contribution in [2.24, 2.45) is 0 Å². The van der Waals surface area contributed by atoms with Crippen LogP contribution in [0.25, 0.3) is 10.8 Å². The molecule has 5 heteroatoms. The SMILES string of the molecule is CCCNC(=S)Nc1cccc2cnncc12. The van der Waals surface area contributed by atoms with Gasteiger partial charge in [-0.3, -0.25) is 0 Å². The Hall–Kier alpha value is -1.75. The number of rotatable bonds is 3. The normalized spacial score (nSPS) is 10.2. The van der Waals surface area contributed by atoms with Crippen LogP contribution >= 0.6 is 12.2 Å². The molecule has 1 heterocycles. The molecular weight excluding hydrogens is 232 g/mol. The van der Waals surface area contributed by atoms with Crippen LogP contribution in [0.15, 0.2) is 30.6 Å². The second-order valence-corrected chi connectivity index (χ2v) is 4.09. The summed E-state index contributed by atoms with van der Waals surface area (Å²) >= 11 is 5.21. The van der Waals surface area contributed by atoms with Crippen LogP contribution in [-0.2, 0) is 0 Å². The Bertz CT molecular complexity index is 521. The summed E-state index contributed by atoms with van der Waals surface area (Å²) in [6.45, 7) is 2.97. The van der Waals surface area contributed by atoms with Crippen LogP contribution in [0.5, 0.6) is 0 Å². The lowest BCUT2D eigenvalue weighted by molar-refractivity contribution is 0.847. The molecule has 2 N–H and O–H groups in total. The smallest absolute Gasteiger partial charge is 0.170 e. The Kier molecular flexibility index (Phi) is 3.82. The molecule has 0 aliphatic rings. The molecule has 0 spiro atoms. The van der Waals surface area contributed by atoms with E-state index in [4.69, 9.17) is 12.2 Å². The Morgan fingerprint density at radius 2 is 2.12 bits per heavy atom. The number of thiocarbonyl (C=S) groups is 1. The summed E-state index contributed by atoms with van der Waals surface area (Å²) in [5.41, 5.74) is 0.950. The Morgan fingerprint density at radius 1 is 1.29 bits per heavy atom. The number of benzene rings is 1. The van der Waals surface area contributed by atoms with Gasteiger partial charge in [-0.15, -0.1) is 0 Å². The zero-order valence-electron chi connectivity index (χ0n) is 9.60. The molecule has 0 unspecified atom stereocenters. The Morgan fingerprint density at radius 3 is 2.94 bits per heavy atom. The molecular formula is C12H14N4S. The first-order valence-electron chi connectivity index (χ1n) is 5.55. The predicted octanol–water partition coefficient (Wildman–Crippen LogP) is 2.33. The van der Waals surface area contributed by atoms with Gasteiger partial charge in [-0.2, -0.15) is 10.2 Å². The van der Waals surface area contributed by atoms with Crippen LogP contribution in [0.2, 0.25) is 0 Å². The molecule has 0 aliphatic heterocycles. The molecule has 0 aliphatic carbocycles. The number of aromatic nitrogens is 2. The van der Waals surface area contributed by atoms with Crippen molar-refractivity contribution in [1.29, 1.82) is 0 Å². The first kappa shape index (κ1) is 11.7. The van der Waals surface area contributed by atoms with Crippen LogP contribution in [0.1, 0.15) is 13.3 Å². The molecule has 0 atom stereocenters. The Balaban J connectivity index is 2.21. The molecule has 0 bridgehead atoms. The average molecular weight is 246 g/mol. The molecule has 0 radical (unpaired) electrons. The molecule has 4 nitrogen and oxygen atoms in total. The molecule has 2 rings (SSSR count). The standard InChI is InChI=1S/C12H14N4S/c1-2-6-13-12(17)16-11-5-3-4-9-7-14-15-8-10(9)11/h3-5,7-8H,2,6H2,1H3,(H2,13,16,17). The van der Waals surface area contributed by atoms with E-state index in [1.54, 1.807) is 12.4 Å². The molecule has 0 amide bonds. The minimum Gasteiger partial charge on any atom is -0.362 e. The highest BCUT2D eigenvalue weighted by Crippen LogP contribution is 2.21. The van der Waals surface area contributed by atoms with Crippen molar-refractivity contribution in [3.05, 3.63) is 30.6 Å². The molecule has 2 aromatic rings. The first-order valence-corrected chi connectivity index (χ1v) is 5.96. The highest BCUT2D eigenvalue weighted by atomic mass is 32.1. The van der Waals surface area contributed by atoms with Crippen molar-refractivity contribution in [1.82, 2.24) is 15.5 Å². The van der Waals surface area contributed by atoms with Gasteiger partial charge in [-0.05, 0) is 24.7 Å². The van der Waals surface area contributed by atoms with E-state index in [1.807, 2.05) is 18.2 Å². The lowest BCUT2D eigenvalue weighted by Gasteiger charge is -2.11. The van der Waals surface area contributed by atoms with Gasteiger partial charge >= 0.3 is 0 Å². The van der Waals surface area contributed by atoms with Gasteiger partial charge in [0.05, 0.1) is 12.4 Å². The predicted molar refractivity (Wildman–Crippen MR) is 74.1 cm³/mol. The van der Waals surface area contributed by atoms with Crippen LogP contribution in [-0.4, -0.2) is 21.9 Å². The average Bonchev–Trinajstić information content (AvgIpc) is 2.37. The van der Waals surface area contributed by atoms with Gasteiger partial charge in [0.15, 0.2) is 5.11 Å². The largest absolute Gasteiger partial charge is 0.362 e. The number of fused-ring (bicyclic) bond motifs is 1. The van der Waals surface area contributed by atoms with E-state index in [9.17, 15) is 0 Å². The monoisotopic (exact) mass is 246 g/mol. The van der Waals surface area contributed by atoms with E-state index in [0.29, 0.717) is 5.11 Å². The minimum absolute atomic E-state index is 0.635. The van der Waals surface area contributed by atoms with Crippen LogP contribution in [0.3, 0.4) is 0 Å². The minimum atomic E-state index is 0.635. The van der Waals surface area contributed by atoms with E-state index >= 15 is 0 Å². The maximum Gasteiger partial charge on any atom is 0.170 e. The third-order valence-corrected chi connectivity index (χ3v) is 2.62. The number of anilines is 1. The quantitative estimate of drug-likeness (QED) is 0.814. The van der Waals surface area contributed by atoms with Crippen molar-refractivity contribution in [2.45, 2.75) is 13.3 Å². The van der Waals surface area contributed by atoms with Crippen molar-refractivity contribution in [3.8, 4) is 0 Å². The van der Waals surface area contributed by atoms with Crippen LogP contribution in [0.4, 0.5) is 5.69 Å². The molecule has 0 saturated carbocycles. The lowest BCUT2D eigenvalue weighted by Crippen LogP contribution is -2.28. The number of nitrogens with one attached hydrogen (secondary N) is 2. The van der Waals surface area contributed by atoms with Gasteiger partial charge in [0, 0.05) is 23.0 Å². The fraction of sp³-hybridized carbons (Fsp3) is 0.250. The summed E-state index contributed by atoms with van der Waals surface area (Å²) in [4.78, 5) is 0. The maximum atomic E-state index is 5.21. The van der Waals surface area contributed by atoms with Gasteiger partial charge < -0.3 is 10.6 Å². The van der Waals surface area contributed by atoms with Crippen molar-refractivity contribution >= 4 is 33.8 Å². The highest BCUT2D eigenvalue weighted by Gasteiger charge is 2.02. The van der Waals surface area contributed by atoms with E-state index in [-0.39, 0.29) is 0 Å². The van der Waals surface area contributed by atoms with Gasteiger partial charge in [-0.25, -0.2) is 0 Å². The fourth-order valence-corrected chi connectivity index (χ4v) is 1.75. The van der Waals surface area contributed by atoms with Gasteiger partial charge in [0.25, 0.3) is 0 Å². The fourth-order valence-electron chi connectivity index (χ4n) is 1.54. The summed E-state index contributed by atoms with van der Waals surface area (Å²) in [7, 11) is 0. The van der Waals surface area contributed by atoms with Gasteiger partial charge in [0.2, 0.25) is 0 Å². The van der Waals surface area contributed by atoms with E-state index in [0.717, 1.165) is 29.4 Å². The van der Waals surface area contributed by atoms with Crippen molar-refractivity contribution < 1.29 is 0 Å². The third-order valence-electron chi connectivity index (χ3n) is 2.37. The maximum absolute atomic E-state index is 5.21. The second kappa shape index (κ2) is 5.54. The lowest BCUT2D eigenvalue weighted by atomic mass is 10.2.